The van der Waals surface area contributed by atoms with E-state index in [1.165, 1.54) is 12.8 Å². The SMILES string of the molecule is CCOCCCC(C)Br. The van der Waals surface area contributed by atoms with Crippen molar-refractivity contribution in [2.45, 2.75) is 31.5 Å². The average Bonchev–Trinajstić information content (AvgIpc) is 1.80. The smallest absolute Gasteiger partial charge is 0.0466 e. The van der Waals surface area contributed by atoms with Gasteiger partial charge in [-0.25, -0.2) is 0 Å². The number of ether oxygens (including phenoxy) is 1. The molecule has 0 saturated carbocycles. The van der Waals surface area contributed by atoms with Crippen molar-refractivity contribution >= 4 is 15.9 Å². The third-order valence-corrected chi connectivity index (χ3v) is 1.55. The molecule has 0 aliphatic carbocycles. The largest absolute Gasteiger partial charge is 0.382 e. The molecule has 1 atom stereocenters. The third kappa shape index (κ3) is 8.44. The Morgan fingerprint density at radius 1 is 1.56 bits per heavy atom. The molecule has 9 heavy (non-hydrogen) atoms. The van der Waals surface area contributed by atoms with Gasteiger partial charge < -0.3 is 4.74 Å². The second kappa shape index (κ2) is 6.56. The molecule has 0 aliphatic rings. The topological polar surface area (TPSA) is 9.23 Å². The molecule has 0 saturated heterocycles. The van der Waals surface area contributed by atoms with E-state index in [-0.39, 0.29) is 0 Å². The Balaban J connectivity index is 2.75. The maximum Gasteiger partial charge on any atom is 0.0466 e. The average molecular weight is 195 g/mol. The van der Waals surface area contributed by atoms with Crippen LogP contribution in [0.4, 0.5) is 0 Å². The predicted octanol–water partition coefficient (Wildman–Crippen LogP) is 2.59. The van der Waals surface area contributed by atoms with Crippen LogP contribution in [0.25, 0.3) is 0 Å². The Morgan fingerprint density at radius 3 is 2.67 bits per heavy atom. The van der Waals surface area contributed by atoms with Crippen LogP contribution in [-0.2, 0) is 4.74 Å². The molecule has 0 N–H and O–H groups in total. The molecule has 0 fully saturated rings. The highest BCUT2D eigenvalue weighted by Crippen LogP contribution is 2.05. The van der Waals surface area contributed by atoms with Gasteiger partial charge >= 0.3 is 0 Å². The first-order valence-corrected chi connectivity index (χ1v) is 4.40. The van der Waals surface area contributed by atoms with Crippen LogP contribution in [0.1, 0.15) is 26.7 Å². The lowest BCUT2D eigenvalue weighted by atomic mass is 10.3. The summed E-state index contributed by atoms with van der Waals surface area (Å²) in [5, 5.41) is 0. The quantitative estimate of drug-likeness (QED) is 0.484. The summed E-state index contributed by atoms with van der Waals surface area (Å²) in [6.07, 6.45) is 2.38. The van der Waals surface area contributed by atoms with Crippen LogP contribution >= 0.6 is 15.9 Å². The molecular formula is C7H15BrO. The van der Waals surface area contributed by atoms with Gasteiger partial charge in [0.2, 0.25) is 0 Å². The van der Waals surface area contributed by atoms with Crippen molar-refractivity contribution in [2.24, 2.45) is 0 Å². The van der Waals surface area contributed by atoms with Gasteiger partial charge in [-0.15, -0.1) is 0 Å². The normalized spacial score (nSPS) is 13.7. The first-order valence-electron chi connectivity index (χ1n) is 3.49. The molecule has 0 spiro atoms. The number of hydrogen-bond donors (Lipinski definition) is 0. The van der Waals surface area contributed by atoms with Gasteiger partial charge in [-0.05, 0) is 19.8 Å². The Labute approximate surface area is 65.9 Å². The van der Waals surface area contributed by atoms with Crippen LogP contribution in [-0.4, -0.2) is 18.0 Å². The molecule has 0 radical (unpaired) electrons. The van der Waals surface area contributed by atoms with Gasteiger partial charge in [-0.1, -0.05) is 22.9 Å². The van der Waals surface area contributed by atoms with Gasteiger partial charge in [0.25, 0.3) is 0 Å². The lowest BCUT2D eigenvalue weighted by Crippen LogP contribution is -1.97. The van der Waals surface area contributed by atoms with Crippen molar-refractivity contribution in [1.82, 2.24) is 0 Å². The fourth-order valence-electron chi connectivity index (χ4n) is 0.611. The summed E-state index contributed by atoms with van der Waals surface area (Å²) in [5.41, 5.74) is 0. The minimum atomic E-state index is 0.637. The van der Waals surface area contributed by atoms with E-state index in [1.54, 1.807) is 0 Å². The van der Waals surface area contributed by atoms with E-state index in [0.717, 1.165) is 13.2 Å². The summed E-state index contributed by atoms with van der Waals surface area (Å²) in [4.78, 5) is 0.637. The van der Waals surface area contributed by atoms with Gasteiger partial charge in [0.05, 0.1) is 0 Å². The van der Waals surface area contributed by atoms with E-state index in [0.29, 0.717) is 4.83 Å². The summed E-state index contributed by atoms with van der Waals surface area (Å²) in [5.74, 6) is 0. The van der Waals surface area contributed by atoms with Crippen LogP contribution in [0.5, 0.6) is 0 Å². The molecule has 1 unspecified atom stereocenters. The Hall–Kier alpha value is 0.440. The van der Waals surface area contributed by atoms with Crippen molar-refractivity contribution in [1.29, 1.82) is 0 Å². The van der Waals surface area contributed by atoms with Crippen molar-refractivity contribution < 1.29 is 4.74 Å². The second-order valence-electron chi connectivity index (χ2n) is 2.12. The summed E-state index contributed by atoms with van der Waals surface area (Å²) >= 11 is 3.47. The first kappa shape index (κ1) is 9.44. The zero-order valence-corrected chi connectivity index (χ0v) is 7.78. The monoisotopic (exact) mass is 194 g/mol. The lowest BCUT2D eigenvalue weighted by molar-refractivity contribution is 0.143. The first-order chi connectivity index (χ1) is 4.27. The van der Waals surface area contributed by atoms with Gasteiger partial charge in [-0.2, -0.15) is 0 Å². The van der Waals surface area contributed by atoms with E-state index in [2.05, 4.69) is 22.9 Å². The number of rotatable bonds is 5. The van der Waals surface area contributed by atoms with Gasteiger partial charge in [0.1, 0.15) is 0 Å². The summed E-state index contributed by atoms with van der Waals surface area (Å²) in [6, 6.07) is 0. The second-order valence-corrected chi connectivity index (χ2v) is 3.68. The highest BCUT2D eigenvalue weighted by Gasteiger charge is 1.93. The summed E-state index contributed by atoms with van der Waals surface area (Å²) in [6.45, 7) is 5.94. The molecule has 2 heteroatoms. The molecule has 0 rings (SSSR count). The highest BCUT2D eigenvalue weighted by molar-refractivity contribution is 9.09. The van der Waals surface area contributed by atoms with Crippen LogP contribution in [0.15, 0.2) is 0 Å². The number of halogens is 1. The fourth-order valence-corrected chi connectivity index (χ4v) is 0.935. The summed E-state index contributed by atoms with van der Waals surface area (Å²) < 4.78 is 5.16. The summed E-state index contributed by atoms with van der Waals surface area (Å²) in [7, 11) is 0. The number of hydrogen-bond acceptors (Lipinski definition) is 1. The molecule has 0 aromatic carbocycles. The Kier molecular flexibility index (Phi) is 6.88. The van der Waals surface area contributed by atoms with Crippen LogP contribution in [0.2, 0.25) is 0 Å². The minimum absolute atomic E-state index is 0.637. The standard InChI is InChI=1S/C7H15BrO/c1-3-9-6-4-5-7(2)8/h7H,3-6H2,1-2H3. The number of alkyl halides is 1. The minimum Gasteiger partial charge on any atom is -0.382 e. The maximum atomic E-state index is 5.16. The Morgan fingerprint density at radius 2 is 2.22 bits per heavy atom. The molecule has 0 aromatic rings. The lowest BCUT2D eigenvalue weighted by Gasteiger charge is -2.01. The van der Waals surface area contributed by atoms with Gasteiger partial charge in [-0.3, -0.25) is 0 Å². The molecule has 56 valence electrons. The zero-order valence-electron chi connectivity index (χ0n) is 6.19. The molecule has 0 aliphatic heterocycles. The third-order valence-electron chi connectivity index (χ3n) is 1.09. The molecule has 1 nitrogen and oxygen atoms in total. The highest BCUT2D eigenvalue weighted by atomic mass is 79.9. The van der Waals surface area contributed by atoms with Crippen molar-refractivity contribution in [3.05, 3.63) is 0 Å². The van der Waals surface area contributed by atoms with Crippen molar-refractivity contribution in [2.75, 3.05) is 13.2 Å². The van der Waals surface area contributed by atoms with E-state index >= 15 is 0 Å². The van der Waals surface area contributed by atoms with Gasteiger partial charge in [0.15, 0.2) is 0 Å². The maximum absolute atomic E-state index is 5.16. The molecule has 0 heterocycles. The van der Waals surface area contributed by atoms with E-state index in [4.69, 9.17) is 4.74 Å². The van der Waals surface area contributed by atoms with Crippen molar-refractivity contribution in [3.8, 4) is 0 Å². The van der Waals surface area contributed by atoms with E-state index in [1.807, 2.05) is 6.92 Å². The van der Waals surface area contributed by atoms with Crippen LogP contribution in [0, 0.1) is 0 Å². The van der Waals surface area contributed by atoms with E-state index in [9.17, 15) is 0 Å². The zero-order chi connectivity index (χ0) is 7.11. The van der Waals surface area contributed by atoms with Crippen LogP contribution < -0.4 is 0 Å². The predicted molar refractivity (Wildman–Crippen MR) is 44.1 cm³/mol. The van der Waals surface area contributed by atoms with Crippen LogP contribution in [0.3, 0.4) is 0 Å². The molecular weight excluding hydrogens is 180 g/mol. The Bertz CT molecular complexity index is 54.9. The van der Waals surface area contributed by atoms with Gasteiger partial charge in [0, 0.05) is 18.0 Å². The van der Waals surface area contributed by atoms with E-state index < -0.39 is 0 Å². The fraction of sp³-hybridized carbons (Fsp3) is 1.00. The molecule has 0 bridgehead atoms. The van der Waals surface area contributed by atoms with Crippen molar-refractivity contribution in [3.63, 3.8) is 0 Å². The molecule has 0 aromatic heterocycles. The molecule has 0 amide bonds.